The molecular weight excluding hydrogens is 405 g/mol. The zero-order chi connectivity index (χ0) is 21.3. The molecule has 0 aliphatic carbocycles. The van der Waals surface area contributed by atoms with Crippen LogP contribution in [0.2, 0.25) is 0 Å². The third kappa shape index (κ3) is 3.81. The molecule has 0 amide bonds. The van der Waals surface area contributed by atoms with Gasteiger partial charge in [0.05, 0.1) is 22.5 Å². The Hall–Kier alpha value is -3.52. The minimum Gasteiger partial charge on any atom is -0.284 e. The van der Waals surface area contributed by atoms with Crippen LogP contribution in [0.5, 0.6) is 0 Å². The highest BCUT2D eigenvalue weighted by Crippen LogP contribution is 2.27. The molecule has 0 atom stereocenters. The molecule has 0 aliphatic heterocycles. The quantitative estimate of drug-likeness (QED) is 0.527. The van der Waals surface area contributed by atoms with E-state index in [0.29, 0.717) is 33.4 Å². The third-order valence-electron chi connectivity index (χ3n) is 4.65. The first kappa shape index (κ1) is 19.8. The second kappa shape index (κ2) is 7.72. The molecule has 0 radical (unpaired) electrons. The van der Waals surface area contributed by atoms with E-state index < -0.39 is 15.8 Å². The maximum Gasteiger partial charge on any atom is 0.279 e. The van der Waals surface area contributed by atoms with Crippen molar-refractivity contribution in [3.8, 4) is 16.9 Å². The minimum atomic E-state index is -3.44. The molecular formula is C22H18FN3O3S. The van der Waals surface area contributed by atoms with E-state index >= 15 is 0 Å². The third-order valence-corrected chi connectivity index (χ3v) is 5.95. The second-order valence-electron chi connectivity index (χ2n) is 6.68. The smallest absolute Gasteiger partial charge is 0.279 e. The molecule has 0 saturated carbocycles. The van der Waals surface area contributed by atoms with Crippen LogP contribution < -0.4 is 10.3 Å². The van der Waals surface area contributed by atoms with Crippen molar-refractivity contribution in [1.82, 2.24) is 9.78 Å². The van der Waals surface area contributed by atoms with Gasteiger partial charge in [0.1, 0.15) is 5.82 Å². The Bertz CT molecular complexity index is 1410. The average Bonchev–Trinajstić information content (AvgIpc) is 2.74. The van der Waals surface area contributed by atoms with Gasteiger partial charge in [-0.3, -0.25) is 9.52 Å². The predicted octanol–water partition coefficient (Wildman–Crippen LogP) is 3.95. The molecule has 8 heteroatoms. The summed E-state index contributed by atoms with van der Waals surface area (Å²) in [6.07, 6.45) is 0. The molecule has 1 N–H and O–H groups in total. The monoisotopic (exact) mass is 423 g/mol. The fourth-order valence-corrected chi connectivity index (χ4v) is 3.80. The molecule has 0 saturated heterocycles. The van der Waals surface area contributed by atoms with Crippen LogP contribution in [0.1, 0.15) is 6.92 Å². The highest BCUT2D eigenvalue weighted by Gasteiger charge is 2.15. The molecule has 0 fully saturated rings. The first-order valence-corrected chi connectivity index (χ1v) is 10.9. The number of sulfonamides is 1. The summed E-state index contributed by atoms with van der Waals surface area (Å²) in [5.41, 5.74) is 1.42. The second-order valence-corrected chi connectivity index (χ2v) is 8.69. The summed E-state index contributed by atoms with van der Waals surface area (Å²) in [6.45, 7) is 1.55. The van der Waals surface area contributed by atoms with Crippen molar-refractivity contribution in [1.29, 1.82) is 0 Å². The fraction of sp³-hybridized carbons (Fsp3) is 0.0909. The molecule has 152 valence electrons. The van der Waals surface area contributed by atoms with Crippen LogP contribution in [-0.4, -0.2) is 24.0 Å². The van der Waals surface area contributed by atoms with Crippen molar-refractivity contribution in [2.75, 3.05) is 10.5 Å². The summed E-state index contributed by atoms with van der Waals surface area (Å²) in [5, 5.41) is 5.54. The number of hydrogen-bond acceptors (Lipinski definition) is 4. The van der Waals surface area contributed by atoms with Gasteiger partial charge in [-0.1, -0.05) is 36.4 Å². The number of aromatic nitrogens is 2. The molecule has 0 unspecified atom stereocenters. The number of fused-ring (bicyclic) bond motifs is 1. The van der Waals surface area contributed by atoms with E-state index in [1.54, 1.807) is 61.5 Å². The molecule has 0 aliphatic rings. The first-order valence-electron chi connectivity index (χ1n) is 9.27. The summed E-state index contributed by atoms with van der Waals surface area (Å²) in [7, 11) is -3.44. The van der Waals surface area contributed by atoms with Crippen LogP contribution >= 0.6 is 0 Å². The number of halogens is 1. The zero-order valence-electron chi connectivity index (χ0n) is 16.0. The molecule has 3 aromatic carbocycles. The van der Waals surface area contributed by atoms with Gasteiger partial charge in [-0.15, -0.1) is 0 Å². The molecule has 0 spiro atoms. The highest BCUT2D eigenvalue weighted by atomic mass is 32.2. The lowest BCUT2D eigenvalue weighted by Gasteiger charge is -2.13. The molecule has 30 heavy (non-hydrogen) atoms. The van der Waals surface area contributed by atoms with Gasteiger partial charge in [0.15, 0.2) is 0 Å². The summed E-state index contributed by atoms with van der Waals surface area (Å²) in [4.78, 5) is 13.0. The Morgan fingerprint density at radius 2 is 1.70 bits per heavy atom. The van der Waals surface area contributed by atoms with Crippen molar-refractivity contribution in [2.24, 2.45) is 0 Å². The van der Waals surface area contributed by atoms with E-state index in [1.165, 1.54) is 18.2 Å². The van der Waals surface area contributed by atoms with Crippen LogP contribution in [0, 0.1) is 5.82 Å². The van der Waals surface area contributed by atoms with E-state index in [-0.39, 0.29) is 11.3 Å². The normalized spacial score (nSPS) is 11.5. The minimum absolute atomic E-state index is 0.0527. The van der Waals surface area contributed by atoms with Gasteiger partial charge in [0.2, 0.25) is 10.0 Å². The Morgan fingerprint density at radius 1 is 0.967 bits per heavy atom. The van der Waals surface area contributed by atoms with E-state index in [4.69, 9.17) is 0 Å². The summed E-state index contributed by atoms with van der Waals surface area (Å²) >= 11 is 0. The van der Waals surface area contributed by atoms with Crippen LogP contribution in [0.15, 0.2) is 77.6 Å². The number of nitrogens with one attached hydrogen (secondary N) is 1. The first-order chi connectivity index (χ1) is 14.4. The van der Waals surface area contributed by atoms with Crippen LogP contribution in [0.3, 0.4) is 0 Å². The summed E-state index contributed by atoms with van der Waals surface area (Å²) in [6, 6.07) is 19.4. The number of anilines is 1. The van der Waals surface area contributed by atoms with Gasteiger partial charge in [0, 0.05) is 16.6 Å². The molecule has 4 aromatic rings. The van der Waals surface area contributed by atoms with Gasteiger partial charge in [-0.05, 0) is 43.3 Å². The van der Waals surface area contributed by atoms with Gasteiger partial charge >= 0.3 is 0 Å². The predicted molar refractivity (Wildman–Crippen MR) is 116 cm³/mol. The lowest BCUT2D eigenvalue weighted by molar-refractivity contribution is 0.602. The van der Waals surface area contributed by atoms with Crippen LogP contribution in [-0.2, 0) is 10.0 Å². The summed E-state index contributed by atoms with van der Waals surface area (Å²) in [5.74, 6) is -0.532. The zero-order valence-corrected chi connectivity index (χ0v) is 16.9. The van der Waals surface area contributed by atoms with Crippen LogP contribution in [0.25, 0.3) is 27.7 Å². The standard InChI is InChI=1S/C22H18FN3O3S/c1-2-30(28,29)25-17-9-5-7-15(13-17)21-19-11-3-4-12-20(19)22(27)26(24-21)18-10-6-8-16(23)14-18/h3-14,25H,2H2,1H3. The van der Waals surface area contributed by atoms with Gasteiger partial charge < -0.3 is 0 Å². The Labute approximate surface area is 172 Å². The lowest BCUT2D eigenvalue weighted by Crippen LogP contribution is -2.22. The average molecular weight is 423 g/mol. The highest BCUT2D eigenvalue weighted by molar-refractivity contribution is 7.92. The van der Waals surface area contributed by atoms with Crippen molar-refractivity contribution in [3.05, 3.63) is 89.0 Å². The molecule has 1 aromatic heterocycles. The Balaban J connectivity index is 1.96. The maximum absolute atomic E-state index is 13.8. The molecule has 1 heterocycles. The molecule has 6 nitrogen and oxygen atoms in total. The number of nitrogens with zero attached hydrogens (tertiary/aromatic N) is 2. The molecule has 0 bridgehead atoms. The topological polar surface area (TPSA) is 81.1 Å². The largest absolute Gasteiger partial charge is 0.284 e. The number of rotatable bonds is 5. The maximum atomic E-state index is 13.8. The van der Waals surface area contributed by atoms with Gasteiger partial charge in [-0.25, -0.2) is 12.8 Å². The van der Waals surface area contributed by atoms with E-state index in [9.17, 15) is 17.6 Å². The van der Waals surface area contributed by atoms with Crippen molar-refractivity contribution in [3.63, 3.8) is 0 Å². The Morgan fingerprint density at radius 3 is 2.43 bits per heavy atom. The molecule has 4 rings (SSSR count). The summed E-state index contributed by atoms with van der Waals surface area (Å²) < 4.78 is 41.3. The van der Waals surface area contributed by atoms with Crippen LogP contribution in [0.4, 0.5) is 10.1 Å². The fourth-order valence-electron chi connectivity index (χ4n) is 3.17. The van der Waals surface area contributed by atoms with Crippen molar-refractivity contribution >= 4 is 26.5 Å². The number of benzene rings is 3. The Kier molecular flexibility index (Phi) is 5.09. The van der Waals surface area contributed by atoms with E-state index in [2.05, 4.69) is 9.82 Å². The van der Waals surface area contributed by atoms with E-state index in [0.717, 1.165) is 4.68 Å². The van der Waals surface area contributed by atoms with Gasteiger partial charge in [-0.2, -0.15) is 9.78 Å². The van der Waals surface area contributed by atoms with Crippen molar-refractivity contribution in [2.45, 2.75) is 6.92 Å². The SMILES string of the molecule is CCS(=O)(=O)Nc1cccc(-c2nn(-c3cccc(F)c3)c(=O)c3ccccc23)c1. The van der Waals surface area contributed by atoms with Gasteiger partial charge in [0.25, 0.3) is 5.56 Å². The lowest BCUT2D eigenvalue weighted by atomic mass is 10.0. The van der Waals surface area contributed by atoms with E-state index in [1.807, 2.05) is 0 Å². The number of hydrogen-bond donors (Lipinski definition) is 1. The van der Waals surface area contributed by atoms with Crippen molar-refractivity contribution < 1.29 is 12.8 Å².